The van der Waals surface area contributed by atoms with Crippen molar-refractivity contribution in [3.8, 4) is 0 Å². The van der Waals surface area contributed by atoms with Crippen LogP contribution in [0.5, 0.6) is 0 Å². The van der Waals surface area contributed by atoms with E-state index in [1.807, 2.05) is 41.5 Å². The Morgan fingerprint density at radius 1 is 0.812 bits per heavy atom. The number of hydrogen-bond donors (Lipinski definition) is 0. The lowest BCUT2D eigenvalue weighted by molar-refractivity contribution is 0.733. The Hall–Kier alpha value is -0.780. The SMILES string of the molecule is CC.CC.CC.CCC(C)c1ccccc1. The van der Waals surface area contributed by atoms with Crippen LogP contribution in [0, 0.1) is 0 Å². The molecule has 16 heavy (non-hydrogen) atoms. The first-order chi connectivity index (χ1) is 7.84. The Morgan fingerprint density at radius 3 is 1.50 bits per heavy atom. The second kappa shape index (κ2) is 19.7. The maximum absolute atomic E-state index is 2.26. The van der Waals surface area contributed by atoms with Gasteiger partial charge in [0.15, 0.2) is 0 Å². The molecule has 96 valence electrons. The third-order valence-corrected chi connectivity index (χ3v) is 1.98. The molecule has 0 fully saturated rings. The molecule has 0 saturated carbocycles. The third-order valence-electron chi connectivity index (χ3n) is 1.98. The van der Waals surface area contributed by atoms with Crippen LogP contribution in [0.2, 0.25) is 0 Å². The van der Waals surface area contributed by atoms with Gasteiger partial charge in [0, 0.05) is 0 Å². The predicted molar refractivity (Wildman–Crippen MR) is 79.2 cm³/mol. The van der Waals surface area contributed by atoms with Crippen molar-refractivity contribution in [1.82, 2.24) is 0 Å². The molecule has 0 saturated heterocycles. The van der Waals surface area contributed by atoms with Gasteiger partial charge in [0.25, 0.3) is 0 Å². The smallest absolute Gasteiger partial charge is 0.0193 e. The predicted octanol–water partition coefficient (Wildman–Crippen LogP) is 6.28. The molecule has 1 aromatic carbocycles. The van der Waals surface area contributed by atoms with Crippen LogP contribution in [-0.4, -0.2) is 0 Å². The van der Waals surface area contributed by atoms with E-state index in [0.717, 1.165) is 0 Å². The maximum atomic E-state index is 2.26. The van der Waals surface area contributed by atoms with Gasteiger partial charge in [0.2, 0.25) is 0 Å². The Morgan fingerprint density at radius 2 is 1.19 bits per heavy atom. The molecule has 0 aliphatic heterocycles. The first-order valence-corrected chi connectivity index (χ1v) is 6.89. The number of benzene rings is 1. The van der Waals surface area contributed by atoms with Crippen molar-refractivity contribution in [1.29, 1.82) is 0 Å². The van der Waals surface area contributed by atoms with Crippen LogP contribution in [0.1, 0.15) is 73.3 Å². The molecule has 0 aromatic heterocycles. The fourth-order valence-electron chi connectivity index (χ4n) is 1.02. The van der Waals surface area contributed by atoms with Crippen molar-refractivity contribution in [2.45, 2.75) is 67.7 Å². The van der Waals surface area contributed by atoms with Gasteiger partial charge in [-0.1, -0.05) is 85.7 Å². The van der Waals surface area contributed by atoms with E-state index in [-0.39, 0.29) is 0 Å². The first kappa shape index (κ1) is 20.6. The van der Waals surface area contributed by atoms with Crippen LogP contribution < -0.4 is 0 Å². The van der Waals surface area contributed by atoms with E-state index in [1.165, 1.54) is 12.0 Å². The van der Waals surface area contributed by atoms with Gasteiger partial charge >= 0.3 is 0 Å². The van der Waals surface area contributed by atoms with Crippen molar-refractivity contribution < 1.29 is 0 Å². The maximum Gasteiger partial charge on any atom is -0.0193 e. The summed E-state index contributed by atoms with van der Waals surface area (Å²) >= 11 is 0. The van der Waals surface area contributed by atoms with E-state index < -0.39 is 0 Å². The molecule has 0 aliphatic rings. The highest BCUT2D eigenvalue weighted by Gasteiger charge is 1.98. The molecule has 0 aliphatic carbocycles. The lowest BCUT2D eigenvalue weighted by atomic mass is 9.99. The molecule has 0 bridgehead atoms. The Kier molecular flexibility index (Phi) is 25.4. The average Bonchev–Trinajstić information content (AvgIpc) is 2.45. The monoisotopic (exact) mass is 224 g/mol. The summed E-state index contributed by atoms with van der Waals surface area (Å²) in [4.78, 5) is 0. The van der Waals surface area contributed by atoms with Crippen LogP contribution in [0.15, 0.2) is 30.3 Å². The van der Waals surface area contributed by atoms with Gasteiger partial charge in [-0.2, -0.15) is 0 Å². The van der Waals surface area contributed by atoms with E-state index in [2.05, 4.69) is 44.2 Å². The minimum Gasteiger partial charge on any atom is -0.0683 e. The van der Waals surface area contributed by atoms with Gasteiger partial charge in [-0.15, -0.1) is 0 Å². The molecule has 0 spiro atoms. The highest BCUT2D eigenvalue weighted by atomic mass is 14.0. The molecule has 1 unspecified atom stereocenters. The van der Waals surface area contributed by atoms with Crippen molar-refractivity contribution in [3.63, 3.8) is 0 Å². The standard InChI is InChI=1S/C10H14.3C2H6/c1-3-9(2)10-7-5-4-6-8-10;3*1-2/h4-9H,3H2,1-2H3;3*1-2H3. The van der Waals surface area contributed by atoms with Crippen LogP contribution in [-0.2, 0) is 0 Å². The summed E-state index contributed by atoms with van der Waals surface area (Å²) in [7, 11) is 0. The minimum atomic E-state index is 0.709. The highest BCUT2D eigenvalue weighted by molar-refractivity contribution is 5.18. The normalized spacial score (nSPS) is 9.25. The summed E-state index contributed by atoms with van der Waals surface area (Å²) in [6.07, 6.45) is 1.23. The zero-order chi connectivity index (χ0) is 13.4. The van der Waals surface area contributed by atoms with Crippen molar-refractivity contribution in [3.05, 3.63) is 35.9 Å². The molecule has 0 heterocycles. The number of hydrogen-bond acceptors (Lipinski definition) is 0. The topological polar surface area (TPSA) is 0 Å². The van der Waals surface area contributed by atoms with Crippen LogP contribution >= 0.6 is 0 Å². The molecule has 0 N–H and O–H groups in total. The van der Waals surface area contributed by atoms with E-state index >= 15 is 0 Å². The lowest BCUT2D eigenvalue weighted by Gasteiger charge is -2.06. The van der Waals surface area contributed by atoms with Crippen LogP contribution in [0.3, 0.4) is 0 Å². The summed E-state index contributed by atoms with van der Waals surface area (Å²) in [5.74, 6) is 0.709. The molecule has 0 heteroatoms. The summed E-state index contributed by atoms with van der Waals surface area (Å²) < 4.78 is 0. The van der Waals surface area contributed by atoms with Crippen LogP contribution in [0.4, 0.5) is 0 Å². The zero-order valence-electron chi connectivity index (χ0n) is 12.7. The molecule has 1 rings (SSSR count). The van der Waals surface area contributed by atoms with Crippen LogP contribution in [0.25, 0.3) is 0 Å². The summed E-state index contributed by atoms with van der Waals surface area (Å²) in [6, 6.07) is 10.6. The summed E-state index contributed by atoms with van der Waals surface area (Å²) in [5.41, 5.74) is 1.45. The number of rotatable bonds is 2. The van der Waals surface area contributed by atoms with Crippen molar-refractivity contribution in [2.24, 2.45) is 0 Å². The quantitative estimate of drug-likeness (QED) is 0.554. The Labute approximate surface area is 104 Å². The Balaban J connectivity index is -0.000000245. The van der Waals surface area contributed by atoms with Gasteiger partial charge in [-0.25, -0.2) is 0 Å². The second-order valence-corrected chi connectivity index (χ2v) is 2.72. The minimum absolute atomic E-state index is 0.709. The highest BCUT2D eigenvalue weighted by Crippen LogP contribution is 2.16. The fourth-order valence-corrected chi connectivity index (χ4v) is 1.02. The molecule has 0 amide bonds. The van der Waals surface area contributed by atoms with Gasteiger partial charge in [-0.3, -0.25) is 0 Å². The Bertz CT molecular complexity index is 176. The average molecular weight is 224 g/mol. The lowest BCUT2D eigenvalue weighted by Crippen LogP contribution is -1.88. The van der Waals surface area contributed by atoms with Gasteiger partial charge in [0.1, 0.15) is 0 Å². The van der Waals surface area contributed by atoms with E-state index in [1.54, 1.807) is 0 Å². The molecule has 0 nitrogen and oxygen atoms in total. The molecule has 1 aromatic rings. The first-order valence-electron chi connectivity index (χ1n) is 6.89. The summed E-state index contributed by atoms with van der Waals surface area (Å²) in [5, 5.41) is 0. The fraction of sp³-hybridized carbons (Fsp3) is 0.625. The van der Waals surface area contributed by atoms with E-state index in [9.17, 15) is 0 Å². The van der Waals surface area contributed by atoms with E-state index in [0.29, 0.717) is 5.92 Å². The van der Waals surface area contributed by atoms with Crippen molar-refractivity contribution >= 4 is 0 Å². The van der Waals surface area contributed by atoms with Gasteiger partial charge in [-0.05, 0) is 17.9 Å². The largest absolute Gasteiger partial charge is 0.0683 e. The molecule has 0 radical (unpaired) electrons. The van der Waals surface area contributed by atoms with Gasteiger partial charge in [0.05, 0.1) is 0 Å². The molecular formula is C16H32. The summed E-state index contributed by atoms with van der Waals surface area (Å²) in [6.45, 7) is 16.5. The molecule has 1 atom stereocenters. The molecular weight excluding hydrogens is 192 g/mol. The van der Waals surface area contributed by atoms with Crippen molar-refractivity contribution in [2.75, 3.05) is 0 Å². The third kappa shape index (κ3) is 11.3. The van der Waals surface area contributed by atoms with E-state index in [4.69, 9.17) is 0 Å². The van der Waals surface area contributed by atoms with Gasteiger partial charge < -0.3 is 0 Å². The second-order valence-electron chi connectivity index (χ2n) is 2.72. The zero-order valence-corrected chi connectivity index (χ0v) is 12.7.